The molecule has 0 fully saturated rings. The first-order valence-electron chi connectivity index (χ1n) is 6.96. The molecular formula is C15H19N3O3. The molecule has 0 aromatic carbocycles. The smallest absolute Gasteiger partial charge is 0.325 e. The molecule has 0 N–H and O–H groups in total. The summed E-state index contributed by atoms with van der Waals surface area (Å²) in [6.07, 6.45) is 1.70. The van der Waals surface area contributed by atoms with E-state index in [1.807, 2.05) is 36.4 Å². The molecule has 6 nitrogen and oxygen atoms in total. The van der Waals surface area contributed by atoms with Gasteiger partial charge in [0.05, 0.1) is 6.61 Å². The lowest BCUT2D eigenvalue weighted by Gasteiger charge is -2.18. The SMILES string of the molecule is CCOC(=O)CN(CC)C(=O)c1cn2c(C)cccc2n1. The van der Waals surface area contributed by atoms with Gasteiger partial charge in [0.1, 0.15) is 17.9 Å². The van der Waals surface area contributed by atoms with Crippen molar-refractivity contribution in [3.8, 4) is 0 Å². The van der Waals surface area contributed by atoms with Gasteiger partial charge in [-0.1, -0.05) is 6.07 Å². The van der Waals surface area contributed by atoms with E-state index in [2.05, 4.69) is 4.98 Å². The highest BCUT2D eigenvalue weighted by molar-refractivity contribution is 5.94. The van der Waals surface area contributed by atoms with Gasteiger partial charge in [-0.05, 0) is 32.9 Å². The zero-order valence-electron chi connectivity index (χ0n) is 12.5. The van der Waals surface area contributed by atoms with Crippen molar-refractivity contribution in [2.45, 2.75) is 20.8 Å². The average Bonchev–Trinajstić information content (AvgIpc) is 2.90. The number of aromatic nitrogens is 2. The molecule has 0 spiro atoms. The molecule has 0 unspecified atom stereocenters. The summed E-state index contributed by atoms with van der Waals surface area (Å²) < 4.78 is 6.73. The van der Waals surface area contributed by atoms with E-state index in [1.54, 1.807) is 13.1 Å². The summed E-state index contributed by atoms with van der Waals surface area (Å²) >= 11 is 0. The van der Waals surface area contributed by atoms with Crippen molar-refractivity contribution in [1.82, 2.24) is 14.3 Å². The van der Waals surface area contributed by atoms with Crippen LogP contribution in [0.1, 0.15) is 30.0 Å². The molecule has 0 atom stereocenters. The van der Waals surface area contributed by atoms with E-state index in [0.717, 1.165) is 5.69 Å². The highest BCUT2D eigenvalue weighted by atomic mass is 16.5. The first-order valence-corrected chi connectivity index (χ1v) is 6.96. The molecule has 112 valence electrons. The number of likely N-dealkylation sites (N-methyl/N-ethyl adjacent to an activating group) is 1. The second-order valence-electron chi connectivity index (χ2n) is 4.65. The van der Waals surface area contributed by atoms with Crippen LogP contribution in [0.2, 0.25) is 0 Å². The molecule has 0 saturated heterocycles. The Bertz CT molecular complexity index is 663. The number of carbonyl (C=O) groups excluding carboxylic acids is 2. The lowest BCUT2D eigenvalue weighted by molar-refractivity contribution is -0.143. The number of hydrogen-bond donors (Lipinski definition) is 0. The summed E-state index contributed by atoms with van der Waals surface area (Å²) in [5, 5.41) is 0. The van der Waals surface area contributed by atoms with Gasteiger partial charge in [-0.15, -0.1) is 0 Å². The van der Waals surface area contributed by atoms with Crippen LogP contribution in [0.3, 0.4) is 0 Å². The fourth-order valence-electron chi connectivity index (χ4n) is 2.10. The van der Waals surface area contributed by atoms with Gasteiger partial charge in [-0.2, -0.15) is 0 Å². The number of carbonyl (C=O) groups is 2. The lowest BCUT2D eigenvalue weighted by atomic mass is 10.3. The number of pyridine rings is 1. The molecule has 2 heterocycles. The van der Waals surface area contributed by atoms with E-state index in [0.29, 0.717) is 24.5 Å². The molecule has 0 radical (unpaired) electrons. The highest BCUT2D eigenvalue weighted by Gasteiger charge is 2.20. The van der Waals surface area contributed by atoms with Crippen LogP contribution in [-0.2, 0) is 9.53 Å². The van der Waals surface area contributed by atoms with Crippen molar-refractivity contribution < 1.29 is 14.3 Å². The number of rotatable bonds is 5. The van der Waals surface area contributed by atoms with Crippen LogP contribution in [0.15, 0.2) is 24.4 Å². The number of fused-ring (bicyclic) bond motifs is 1. The summed E-state index contributed by atoms with van der Waals surface area (Å²) in [5.41, 5.74) is 2.04. The van der Waals surface area contributed by atoms with Gasteiger partial charge in [0.25, 0.3) is 5.91 Å². The molecule has 2 rings (SSSR count). The Morgan fingerprint density at radius 1 is 1.33 bits per heavy atom. The largest absolute Gasteiger partial charge is 0.465 e. The third kappa shape index (κ3) is 3.21. The molecule has 0 saturated carbocycles. The minimum absolute atomic E-state index is 0.0595. The number of amides is 1. The van der Waals surface area contributed by atoms with Gasteiger partial charge in [0, 0.05) is 18.4 Å². The molecule has 21 heavy (non-hydrogen) atoms. The molecule has 6 heteroatoms. The summed E-state index contributed by atoms with van der Waals surface area (Å²) in [7, 11) is 0. The van der Waals surface area contributed by atoms with Crippen molar-refractivity contribution in [2.24, 2.45) is 0 Å². The minimum Gasteiger partial charge on any atom is -0.465 e. The van der Waals surface area contributed by atoms with E-state index in [4.69, 9.17) is 4.74 Å². The van der Waals surface area contributed by atoms with E-state index < -0.39 is 5.97 Å². The summed E-state index contributed by atoms with van der Waals surface area (Å²) in [4.78, 5) is 29.7. The first kappa shape index (κ1) is 15.0. The number of aryl methyl sites for hydroxylation is 1. The molecule has 2 aromatic heterocycles. The molecule has 2 aromatic rings. The average molecular weight is 289 g/mol. The van der Waals surface area contributed by atoms with Gasteiger partial charge in [-0.3, -0.25) is 9.59 Å². The number of hydrogen-bond acceptors (Lipinski definition) is 4. The third-order valence-corrected chi connectivity index (χ3v) is 3.21. The van der Waals surface area contributed by atoms with Crippen molar-refractivity contribution in [3.63, 3.8) is 0 Å². The third-order valence-electron chi connectivity index (χ3n) is 3.21. The molecule has 0 aliphatic carbocycles. The van der Waals surface area contributed by atoms with E-state index in [9.17, 15) is 9.59 Å². The van der Waals surface area contributed by atoms with E-state index in [1.165, 1.54) is 4.90 Å². The maximum atomic E-state index is 12.4. The number of ether oxygens (including phenoxy) is 1. The molecule has 1 amide bonds. The summed E-state index contributed by atoms with van der Waals surface area (Å²) in [6.45, 7) is 6.16. The highest BCUT2D eigenvalue weighted by Crippen LogP contribution is 2.10. The van der Waals surface area contributed by atoms with E-state index in [-0.39, 0.29) is 12.5 Å². The van der Waals surface area contributed by atoms with E-state index >= 15 is 0 Å². The van der Waals surface area contributed by atoms with Gasteiger partial charge in [-0.25, -0.2) is 4.98 Å². The van der Waals surface area contributed by atoms with Crippen molar-refractivity contribution in [3.05, 3.63) is 35.8 Å². The maximum absolute atomic E-state index is 12.4. The zero-order valence-corrected chi connectivity index (χ0v) is 12.5. The minimum atomic E-state index is -0.410. The fraction of sp³-hybridized carbons (Fsp3) is 0.400. The zero-order chi connectivity index (χ0) is 15.4. The Morgan fingerprint density at radius 2 is 2.10 bits per heavy atom. The second kappa shape index (κ2) is 6.39. The van der Waals surface area contributed by atoms with Gasteiger partial charge in [0.15, 0.2) is 0 Å². The van der Waals surface area contributed by atoms with Crippen LogP contribution in [0.4, 0.5) is 0 Å². The Kier molecular flexibility index (Phi) is 4.57. The van der Waals surface area contributed by atoms with Gasteiger partial charge in [0.2, 0.25) is 0 Å². The predicted molar refractivity (Wildman–Crippen MR) is 78.1 cm³/mol. The Hall–Kier alpha value is -2.37. The quantitative estimate of drug-likeness (QED) is 0.785. The van der Waals surface area contributed by atoms with Gasteiger partial charge < -0.3 is 14.0 Å². The van der Waals surface area contributed by atoms with Crippen LogP contribution in [0.5, 0.6) is 0 Å². The molecule has 0 aliphatic heterocycles. The monoisotopic (exact) mass is 289 g/mol. The Labute approximate surface area is 123 Å². The predicted octanol–water partition coefficient (Wildman–Crippen LogP) is 1.67. The Morgan fingerprint density at radius 3 is 2.71 bits per heavy atom. The Balaban J connectivity index is 2.23. The molecule has 0 aliphatic rings. The number of nitrogens with zero attached hydrogens (tertiary/aromatic N) is 3. The summed E-state index contributed by atoms with van der Waals surface area (Å²) in [6, 6.07) is 5.67. The first-order chi connectivity index (χ1) is 10.1. The summed E-state index contributed by atoms with van der Waals surface area (Å²) in [5.74, 6) is -0.679. The molecule has 0 bridgehead atoms. The van der Waals surface area contributed by atoms with Crippen LogP contribution >= 0.6 is 0 Å². The standard InChI is InChI=1S/C15H19N3O3/c1-4-17(10-14(19)21-5-2)15(20)12-9-18-11(3)7-6-8-13(18)16-12/h6-9H,4-5,10H2,1-3H3. The van der Waals surface area contributed by atoms with Crippen LogP contribution in [-0.4, -0.2) is 45.9 Å². The van der Waals surface area contributed by atoms with Gasteiger partial charge >= 0.3 is 5.97 Å². The van der Waals surface area contributed by atoms with Crippen molar-refractivity contribution in [2.75, 3.05) is 19.7 Å². The maximum Gasteiger partial charge on any atom is 0.325 e. The normalized spacial score (nSPS) is 10.6. The van der Waals surface area contributed by atoms with Crippen LogP contribution < -0.4 is 0 Å². The van der Waals surface area contributed by atoms with Crippen molar-refractivity contribution >= 4 is 17.5 Å². The fourth-order valence-corrected chi connectivity index (χ4v) is 2.10. The topological polar surface area (TPSA) is 63.9 Å². The lowest BCUT2D eigenvalue weighted by Crippen LogP contribution is -2.36. The van der Waals surface area contributed by atoms with Crippen LogP contribution in [0.25, 0.3) is 5.65 Å². The van der Waals surface area contributed by atoms with Crippen molar-refractivity contribution in [1.29, 1.82) is 0 Å². The number of esters is 1. The second-order valence-corrected chi connectivity index (χ2v) is 4.65. The number of imidazole rings is 1. The molecular weight excluding hydrogens is 270 g/mol. The van der Waals surface area contributed by atoms with Crippen LogP contribution in [0, 0.1) is 6.92 Å².